The Bertz CT molecular complexity index is 791. The van der Waals surface area contributed by atoms with E-state index in [-0.39, 0.29) is 0 Å². The van der Waals surface area contributed by atoms with Crippen molar-refractivity contribution < 1.29 is 14.2 Å². The van der Waals surface area contributed by atoms with Gasteiger partial charge in [0.1, 0.15) is 17.3 Å². The van der Waals surface area contributed by atoms with Gasteiger partial charge in [0.2, 0.25) is 0 Å². The largest absolute Gasteiger partial charge is 0.497 e. The second-order valence-corrected chi connectivity index (χ2v) is 5.22. The first kappa shape index (κ1) is 18.6. The third-order valence-corrected chi connectivity index (χ3v) is 3.65. The minimum atomic E-state index is 0.514. The first-order valence-corrected chi connectivity index (χ1v) is 8.17. The molecule has 0 bridgehead atoms. The van der Waals surface area contributed by atoms with Crippen molar-refractivity contribution in [1.82, 2.24) is 9.97 Å². The van der Waals surface area contributed by atoms with Crippen LogP contribution in [-0.2, 0) is 4.74 Å². The van der Waals surface area contributed by atoms with Gasteiger partial charge in [0.25, 0.3) is 0 Å². The van der Waals surface area contributed by atoms with Gasteiger partial charge in [0.05, 0.1) is 19.7 Å². The molecule has 3 rings (SSSR count). The number of pyridine rings is 1. The number of nitrogens with two attached hydrogens (primary N) is 1. The maximum Gasteiger partial charge on any atom is 0.132 e. The van der Waals surface area contributed by atoms with E-state index in [4.69, 9.17) is 19.9 Å². The standard InChI is InChI=1S/C15H15N3O2.C4H10O/c1-19-10-5-9(6-11(7-10)20-2)14-8-12-13(18-14)3-4-17-15(12)16;1-3-5-4-2/h3-8,18H,1-2H3,(H2,16,17);3-4H2,1-2H3. The van der Waals surface area contributed by atoms with Crippen LogP contribution in [0.25, 0.3) is 22.2 Å². The Balaban J connectivity index is 0.000000399. The van der Waals surface area contributed by atoms with Crippen molar-refractivity contribution in [3.8, 4) is 22.8 Å². The zero-order valence-electron chi connectivity index (χ0n) is 15.1. The van der Waals surface area contributed by atoms with Gasteiger partial charge in [-0.15, -0.1) is 0 Å². The molecule has 3 aromatic rings. The van der Waals surface area contributed by atoms with E-state index in [2.05, 4.69) is 9.97 Å². The topological polar surface area (TPSA) is 82.4 Å². The van der Waals surface area contributed by atoms with Crippen molar-refractivity contribution in [2.24, 2.45) is 0 Å². The summed E-state index contributed by atoms with van der Waals surface area (Å²) in [7, 11) is 3.26. The average molecular weight is 343 g/mol. The number of nitrogen functional groups attached to an aromatic ring is 1. The van der Waals surface area contributed by atoms with Gasteiger partial charge in [0, 0.05) is 42.1 Å². The lowest BCUT2D eigenvalue weighted by atomic mass is 10.1. The fraction of sp³-hybridized carbons (Fsp3) is 0.316. The molecule has 2 aromatic heterocycles. The second-order valence-electron chi connectivity index (χ2n) is 5.22. The molecule has 1 aromatic carbocycles. The molecule has 0 spiro atoms. The Kier molecular flexibility index (Phi) is 6.65. The smallest absolute Gasteiger partial charge is 0.132 e. The first-order chi connectivity index (χ1) is 12.1. The number of nitrogens with one attached hydrogen (secondary N) is 1. The summed E-state index contributed by atoms with van der Waals surface area (Å²) in [4.78, 5) is 7.41. The third-order valence-electron chi connectivity index (χ3n) is 3.65. The number of rotatable bonds is 5. The van der Waals surface area contributed by atoms with Gasteiger partial charge in [-0.2, -0.15) is 0 Å². The van der Waals surface area contributed by atoms with E-state index in [1.165, 1.54) is 0 Å². The van der Waals surface area contributed by atoms with E-state index in [1.54, 1.807) is 20.4 Å². The predicted molar refractivity (Wildman–Crippen MR) is 101 cm³/mol. The van der Waals surface area contributed by atoms with Crippen LogP contribution < -0.4 is 15.2 Å². The van der Waals surface area contributed by atoms with E-state index >= 15 is 0 Å². The number of H-pyrrole nitrogens is 1. The minimum Gasteiger partial charge on any atom is -0.497 e. The Morgan fingerprint density at radius 2 is 1.64 bits per heavy atom. The van der Waals surface area contributed by atoms with Crippen LogP contribution in [0.2, 0.25) is 0 Å². The van der Waals surface area contributed by atoms with Gasteiger partial charge in [-0.3, -0.25) is 0 Å². The summed E-state index contributed by atoms with van der Waals surface area (Å²) in [5, 5.41) is 0.907. The Morgan fingerprint density at radius 1 is 1.00 bits per heavy atom. The summed E-state index contributed by atoms with van der Waals surface area (Å²) in [5.41, 5.74) is 8.74. The highest BCUT2D eigenvalue weighted by Gasteiger charge is 2.09. The number of anilines is 1. The normalized spacial score (nSPS) is 10.2. The van der Waals surface area contributed by atoms with E-state index in [0.717, 1.165) is 46.9 Å². The molecule has 3 N–H and O–H groups in total. The highest BCUT2D eigenvalue weighted by molar-refractivity contribution is 5.93. The third kappa shape index (κ3) is 4.64. The summed E-state index contributed by atoms with van der Waals surface area (Å²) >= 11 is 0. The number of ether oxygens (including phenoxy) is 3. The van der Waals surface area contributed by atoms with E-state index in [9.17, 15) is 0 Å². The molecule has 0 aliphatic rings. The minimum absolute atomic E-state index is 0.514. The van der Waals surface area contributed by atoms with Crippen molar-refractivity contribution in [1.29, 1.82) is 0 Å². The second kappa shape index (κ2) is 8.94. The highest BCUT2D eigenvalue weighted by Crippen LogP contribution is 2.32. The number of fused-ring (bicyclic) bond motifs is 1. The highest BCUT2D eigenvalue weighted by atomic mass is 16.5. The quantitative estimate of drug-likeness (QED) is 0.735. The van der Waals surface area contributed by atoms with Gasteiger partial charge in [-0.1, -0.05) is 0 Å². The van der Waals surface area contributed by atoms with Gasteiger partial charge >= 0.3 is 0 Å². The zero-order valence-corrected chi connectivity index (χ0v) is 15.1. The molecule has 6 nitrogen and oxygen atoms in total. The fourth-order valence-corrected chi connectivity index (χ4v) is 2.40. The van der Waals surface area contributed by atoms with Gasteiger partial charge < -0.3 is 24.9 Å². The number of aromatic nitrogens is 2. The number of hydrogen-bond acceptors (Lipinski definition) is 5. The molecule has 6 heteroatoms. The van der Waals surface area contributed by atoms with Crippen molar-refractivity contribution in [3.63, 3.8) is 0 Å². The molecule has 25 heavy (non-hydrogen) atoms. The van der Waals surface area contributed by atoms with E-state index in [0.29, 0.717) is 5.82 Å². The van der Waals surface area contributed by atoms with Gasteiger partial charge in [-0.05, 0) is 38.1 Å². The van der Waals surface area contributed by atoms with Gasteiger partial charge in [0.15, 0.2) is 0 Å². The molecule has 0 saturated carbocycles. The fourth-order valence-electron chi connectivity index (χ4n) is 2.40. The van der Waals surface area contributed by atoms with E-state index in [1.807, 2.05) is 44.2 Å². The number of methoxy groups -OCH3 is 2. The number of benzene rings is 1. The van der Waals surface area contributed by atoms with Crippen LogP contribution >= 0.6 is 0 Å². The molecule has 0 amide bonds. The maximum absolute atomic E-state index is 5.88. The first-order valence-electron chi connectivity index (χ1n) is 8.17. The van der Waals surface area contributed by atoms with Crippen molar-refractivity contribution in [3.05, 3.63) is 36.5 Å². The van der Waals surface area contributed by atoms with Gasteiger partial charge in [-0.25, -0.2) is 4.98 Å². The number of nitrogens with zero attached hydrogens (tertiary/aromatic N) is 1. The number of hydrogen-bond donors (Lipinski definition) is 2. The molecule has 2 heterocycles. The summed E-state index contributed by atoms with van der Waals surface area (Å²) in [6.07, 6.45) is 1.68. The molecule has 134 valence electrons. The molecule has 0 radical (unpaired) electrons. The lowest BCUT2D eigenvalue weighted by Gasteiger charge is -2.07. The maximum atomic E-state index is 5.88. The molecular formula is C19H25N3O3. The molecule has 0 aliphatic carbocycles. The van der Waals surface area contributed by atoms with Crippen LogP contribution in [0.15, 0.2) is 36.5 Å². The summed E-state index contributed by atoms with van der Waals surface area (Å²) in [5.74, 6) is 1.99. The Morgan fingerprint density at radius 3 is 2.12 bits per heavy atom. The zero-order chi connectivity index (χ0) is 18.2. The summed E-state index contributed by atoms with van der Waals surface area (Å²) in [6, 6.07) is 9.59. The van der Waals surface area contributed by atoms with E-state index < -0.39 is 0 Å². The molecule has 0 fully saturated rings. The van der Waals surface area contributed by atoms with Crippen molar-refractivity contribution in [2.75, 3.05) is 33.2 Å². The lowest BCUT2D eigenvalue weighted by Crippen LogP contribution is -1.88. The molecule has 0 atom stereocenters. The molecule has 0 unspecified atom stereocenters. The molecular weight excluding hydrogens is 318 g/mol. The van der Waals surface area contributed by atoms with Crippen LogP contribution in [0.1, 0.15) is 13.8 Å². The Labute approximate surface area is 147 Å². The molecule has 0 saturated heterocycles. The van der Waals surface area contributed by atoms with Crippen LogP contribution in [0.5, 0.6) is 11.5 Å². The van der Waals surface area contributed by atoms with Crippen molar-refractivity contribution in [2.45, 2.75) is 13.8 Å². The lowest BCUT2D eigenvalue weighted by molar-refractivity contribution is 0.162. The SMILES string of the molecule is CCOCC.COc1cc(OC)cc(-c2cc3c(N)nccc3[nH]2)c1. The molecule has 0 aliphatic heterocycles. The van der Waals surface area contributed by atoms with Crippen LogP contribution in [0, 0.1) is 0 Å². The Hall–Kier alpha value is -2.73. The van der Waals surface area contributed by atoms with Crippen LogP contribution in [-0.4, -0.2) is 37.4 Å². The van der Waals surface area contributed by atoms with Crippen LogP contribution in [0.3, 0.4) is 0 Å². The van der Waals surface area contributed by atoms with Crippen molar-refractivity contribution >= 4 is 16.7 Å². The summed E-state index contributed by atoms with van der Waals surface area (Å²) < 4.78 is 15.4. The summed E-state index contributed by atoms with van der Waals surface area (Å²) in [6.45, 7) is 5.67. The predicted octanol–water partition coefficient (Wildman–Crippen LogP) is 3.87. The van der Waals surface area contributed by atoms with Crippen LogP contribution in [0.4, 0.5) is 5.82 Å². The average Bonchev–Trinajstić information content (AvgIpc) is 3.08. The number of aromatic amines is 1. The monoisotopic (exact) mass is 343 g/mol.